The Balaban J connectivity index is 1.54. The summed E-state index contributed by atoms with van der Waals surface area (Å²) in [6.45, 7) is 0.715. The Morgan fingerprint density at radius 2 is 1.93 bits per heavy atom. The quantitative estimate of drug-likeness (QED) is 0.763. The summed E-state index contributed by atoms with van der Waals surface area (Å²) in [6, 6.07) is 9.31. The molecule has 1 amide bonds. The van der Waals surface area contributed by atoms with E-state index in [1.165, 1.54) is 4.90 Å². The number of Topliss-reactive ketones (excluding diaryl/α,β-unsaturated/α-hetero) is 1. The lowest BCUT2D eigenvalue weighted by molar-refractivity contribution is 0.0300. The molecule has 0 N–H and O–H groups in total. The molecule has 2 aliphatic rings. The van der Waals surface area contributed by atoms with Gasteiger partial charge in [0.05, 0.1) is 24.7 Å². The minimum absolute atomic E-state index is 0.0286. The number of benzene rings is 2. The van der Waals surface area contributed by atoms with Crippen molar-refractivity contribution in [2.75, 3.05) is 20.2 Å². The number of hydrogen-bond donors (Lipinski definition) is 0. The van der Waals surface area contributed by atoms with Crippen molar-refractivity contribution < 1.29 is 27.8 Å². The molecule has 29 heavy (non-hydrogen) atoms. The van der Waals surface area contributed by atoms with Gasteiger partial charge in [0.1, 0.15) is 11.4 Å². The van der Waals surface area contributed by atoms with Gasteiger partial charge in [0, 0.05) is 19.5 Å². The summed E-state index contributed by atoms with van der Waals surface area (Å²) in [5.74, 6) is -2.36. The molecule has 0 aliphatic carbocycles. The Labute approximate surface area is 167 Å². The molecule has 2 heterocycles. The fourth-order valence-corrected chi connectivity index (χ4v) is 4.15. The van der Waals surface area contributed by atoms with E-state index in [9.17, 15) is 18.4 Å². The number of ether oxygens (including phenoxy) is 2. The zero-order valence-electron chi connectivity index (χ0n) is 16.0. The van der Waals surface area contributed by atoms with Gasteiger partial charge >= 0.3 is 0 Å². The first-order valence-electron chi connectivity index (χ1n) is 9.57. The Kier molecular flexibility index (Phi) is 4.98. The Morgan fingerprint density at radius 3 is 2.72 bits per heavy atom. The highest BCUT2D eigenvalue weighted by Crippen LogP contribution is 2.39. The topological polar surface area (TPSA) is 55.8 Å². The predicted molar refractivity (Wildman–Crippen MR) is 101 cm³/mol. The molecule has 1 unspecified atom stereocenters. The number of nitrogens with zero attached hydrogens (tertiary/aromatic N) is 1. The highest BCUT2D eigenvalue weighted by atomic mass is 19.1. The van der Waals surface area contributed by atoms with Gasteiger partial charge in [0.15, 0.2) is 23.2 Å². The van der Waals surface area contributed by atoms with Gasteiger partial charge in [-0.2, -0.15) is 0 Å². The van der Waals surface area contributed by atoms with Crippen molar-refractivity contribution in [1.29, 1.82) is 0 Å². The molecule has 2 aliphatic heterocycles. The SMILES string of the molecule is COc1c(F)ccc(C(=O)N2CCCC3(CC2)CC(=O)c2ccccc2O3)c1F. The number of para-hydroxylation sites is 1. The first kappa shape index (κ1) is 19.4. The van der Waals surface area contributed by atoms with Crippen LogP contribution in [0.25, 0.3) is 0 Å². The van der Waals surface area contributed by atoms with E-state index in [0.29, 0.717) is 43.7 Å². The van der Waals surface area contributed by atoms with Gasteiger partial charge in [-0.3, -0.25) is 9.59 Å². The van der Waals surface area contributed by atoms with Crippen LogP contribution in [0.4, 0.5) is 8.78 Å². The summed E-state index contributed by atoms with van der Waals surface area (Å²) < 4.78 is 39.1. The van der Waals surface area contributed by atoms with Crippen molar-refractivity contribution in [1.82, 2.24) is 4.90 Å². The van der Waals surface area contributed by atoms with E-state index in [1.807, 2.05) is 6.07 Å². The Morgan fingerprint density at radius 1 is 1.14 bits per heavy atom. The first-order valence-corrected chi connectivity index (χ1v) is 9.57. The molecule has 1 fully saturated rings. The molecule has 1 atom stereocenters. The number of hydrogen-bond acceptors (Lipinski definition) is 4. The standard InChI is InChI=1S/C22H21F2NO4/c1-28-20-16(23)8-7-15(19(20)24)21(27)25-11-4-9-22(10-12-25)13-17(26)14-5-2-3-6-18(14)29-22/h2-3,5-8H,4,9-13H2,1H3. The number of fused-ring (bicyclic) bond motifs is 1. The monoisotopic (exact) mass is 401 g/mol. The largest absolute Gasteiger partial charge is 0.491 e. The third-order valence-corrected chi connectivity index (χ3v) is 5.67. The van der Waals surface area contributed by atoms with E-state index in [1.54, 1.807) is 18.2 Å². The van der Waals surface area contributed by atoms with Gasteiger partial charge < -0.3 is 14.4 Å². The maximum absolute atomic E-state index is 14.5. The van der Waals surface area contributed by atoms with Crippen LogP contribution in [-0.2, 0) is 0 Å². The first-order chi connectivity index (χ1) is 13.9. The molecule has 2 aromatic rings. The molecule has 7 heteroatoms. The molecule has 0 saturated carbocycles. The van der Waals surface area contributed by atoms with Crippen LogP contribution in [0.5, 0.6) is 11.5 Å². The maximum Gasteiger partial charge on any atom is 0.256 e. The summed E-state index contributed by atoms with van der Waals surface area (Å²) in [4.78, 5) is 27.0. The van der Waals surface area contributed by atoms with Crippen molar-refractivity contribution >= 4 is 11.7 Å². The lowest BCUT2D eigenvalue weighted by Gasteiger charge is -2.37. The van der Waals surface area contributed by atoms with Gasteiger partial charge in [0.25, 0.3) is 5.91 Å². The highest BCUT2D eigenvalue weighted by Gasteiger charge is 2.42. The highest BCUT2D eigenvalue weighted by molar-refractivity contribution is 6.00. The second-order valence-electron chi connectivity index (χ2n) is 7.47. The van der Waals surface area contributed by atoms with Crippen LogP contribution in [0.3, 0.4) is 0 Å². The fraction of sp³-hybridized carbons (Fsp3) is 0.364. The van der Waals surface area contributed by atoms with Crippen LogP contribution in [0.2, 0.25) is 0 Å². The van der Waals surface area contributed by atoms with E-state index in [2.05, 4.69) is 0 Å². The van der Waals surface area contributed by atoms with E-state index < -0.39 is 28.9 Å². The second kappa shape index (κ2) is 7.46. The number of rotatable bonds is 2. The van der Waals surface area contributed by atoms with Crippen molar-refractivity contribution in [3.8, 4) is 11.5 Å². The molecule has 4 rings (SSSR count). The van der Waals surface area contributed by atoms with Crippen molar-refractivity contribution in [3.63, 3.8) is 0 Å². The number of carbonyl (C=O) groups is 2. The lowest BCUT2D eigenvalue weighted by atomic mass is 9.84. The summed E-state index contributed by atoms with van der Waals surface area (Å²) in [5.41, 5.74) is -0.319. The van der Waals surface area contributed by atoms with Gasteiger partial charge in [-0.05, 0) is 37.1 Å². The smallest absolute Gasteiger partial charge is 0.256 e. The zero-order chi connectivity index (χ0) is 20.6. The molecular formula is C22H21F2NO4. The summed E-state index contributed by atoms with van der Waals surface area (Å²) >= 11 is 0. The third-order valence-electron chi connectivity index (χ3n) is 5.67. The Bertz CT molecular complexity index is 977. The van der Waals surface area contributed by atoms with Gasteiger partial charge in [-0.15, -0.1) is 0 Å². The molecule has 0 aromatic heterocycles. The van der Waals surface area contributed by atoms with Crippen LogP contribution < -0.4 is 9.47 Å². The van der Waals surface area contributed by atoms with E-state index >= 15 is 0 Å². The van der Waals surface area contributed by atoms with Gasteiger partial charge in [-0.25, -0.2) is 8.78 Å². The van der Waals surface area contributed by atoms with Gasteiger partial charge in [0.2, 0.25) is 0 Å². The minimum Gasteiger partial charge on any atom is -0.491 e. The van der Waals surface area contributed by atoms with Crippen LogP contribution in [-0.4, -0.2) is 42.4 Å². The molecule has 0 radical (unpaired) electrons. The number of methoxy groups -OCH3 is 1. The van der Waals surface area contributed by atoms with Crippen LogP contribution in [0, 0.1) is 11.6 Å². The molecule has 1 saturated heterocycles. The number of carbonyl (C=O) groups excluding carboxylic acids is 2. The summed E-state index contributed by atoms with van der Waals surface area (Å²) in [6.07, 6.45) is 1.94. The number of ketones is 1. The number of likely N-dealkylation sites (tertiary alicyclic amines) is 1. The average Bonchev–Trinajstić information content (AvgIpc) is 2.90. The van der Waals surface area contributed by atoms with Crippen molar-refractivity contribution in [2.24, 2.45) is 0 Å². The predicted octanol–water partition coefficient (Wildman–Crippen LogP) is 4.00. The van der Waals surface area contributed by atoms with E-state index in [0.717, 1.165) is 19.2 Å². The summed E-state index contributed by atoms with van der Waals surface area (Å²) in [5, 5.41) is 0. The molecule has 1 spiro atoms. The molecule has 5 nitrogen and oxygen atoms in total. The molecular weight excluding hydrogens is 380 g/mol. The third kappa shape index (κ3) is 3.45. The average molecular weight is 401 g/mol. The van der Waals surface area contributed by atoms with Crippen LogP contribution in [0.15, 0.2) is 36.4 Å². The number of halogens is 2. The van der Waals surface area contributed by atoms with Gasteiger partial charge in [-0.1, -0.05) is 12.1 Å². The lowest BCUT2D eigenvalue weighted by Crippen LogP contribution is -2.43. The summed E-state index contributed by atoms with van der Waals surface area (Å²) in [7, 11) is 1.15. The van der Waals surface area contributed by atoms with E-state index in [4.69, 9.17) is 9.47 Å². The normalized spacial score (nSPS) is 21.3. The van der Waals surface area contributed by atoms with Crippen molar-refractivity contribution in [3.05, 3.63) is 59.2 Å². The Hall–Kier alpha value is -2.96. The molecule has 152 valence electrons. The molecule has 2 aromatic carbocycles. The molecule has 0 bridgehead atoms. The zero-order valence-corrected chi connectivity index (χ0v) is 16.0. The van der Waals surface area contributed by atoms with E-state index in [-0.39, 0.29) is 17.8 Å². The maximum atomic E-state index is 14.5. The van der Waals surface area contributed by atoms with Crippen LogP contribution in [0.1, 0.15) is 46.4 Å². The van der Waals surface area contributed by atoms with Crippen molar-refractivity contribution in [2.45, 2.75) is 31.3 Å². The van der Waals surface area contributed by atoms with Crippen LogP contribution >= 0.6 is 0 Å². The fourth-order valence-electron chi connectivity index (χ4n) is 4.15. The number of amides is 1. The minimum atomic E-state index is -1.01. The second-order valence-corrected chi connectivity index (χ2v) is 7.47.